The van der Waals surface area contributed by atoms with Gasteiger partial charge in [0.1, 0.15) is 17.4 Å². The van der Waals surface area contributed by atoms with E-state index in [0.29, 0.717) is 29.1 Å². The van der Waals surface area contributed by atoms with Crippen LogP contribution in [0.2, 0.25) is 0 Å². The molecule has 0 aromatic heterocycles. The third kappa shape index (κ3) is 4.26. The van der Waals surface area contributed by atoms with Crippen LogP contribution in [-0.2, 0) is 19.1 Å². The number of anilines is 2. The quantitative estimate of drug-likeness (QED) is 0.377. The maximum absolute atomic E-state index is 14.6. The lowest BCUT2D eigenvalue weighted by Crippen LogP contribution is -2.54. The van der Waals surface area contributed by atoms with Crippen LogP contribution in [0.1, 0.15) is 31.9 Å². The van der Waals surface area contributed by atoms with Gasteiger partial charge in [-0.05, 0) is 61.2 Å². The number of fused-ring (bicyclic) bond motifs is 1. The first-order chi connectivity index (χ1) is 20.2. The number of aliphatic hydroxyl groups excluding tert-OH is 1. The minimum Gasteiger partial charge on any atom is -0.497 e. The molecule has 3 aromatic rings. The number of carbonyl (C=O) groups excluding carboxylic acids is 3. The van der Waals surface area contributed by atoms with Crippen molar-refractivity contribution < 1.29 is 29.0 Å². The molecule has 0 saturated carbocycles. The number of para-hydroxylation sites is 1. The van der Waals surface area contributed by atoms with E-state index in [2.05, 4.69) is 10.6 Å². The number of aliphatic hydroxyl groups is 1. The topological polar surface area (TPSA) is 117 Å². The Kier molecular flexibility index (Phi) is 7.03. The van der Waals surface area contributed by atoms with Crippen LogP contribution in [0.3, 0.4) is 0 Å². The molecule has 0 radical (unpaired) electrons. The van der Waals surface area contributed by atoms with Crippen LogP contribution < -0.4 is 15.4 Å². The van der Waals surface area contributed by atoms with Gasteiger partial charge in [-0.15, -0.1) is 0 Å². The van der Waals surface area contributed by atoms with Crippen molar-refractivity contribution in [1.29, 1.82) is 0 Å². The summed E-state index contributed by atoms with van der Waals surface area (Å²) < 4.78 is 12.1. The first-order valence-corrected chi connectivity index (χ1v) is 14.2. The van der Waals surface area contributed by atoms with Crippen LogP contribution in [0.15, 0.2) is 84.9 Å². The summed E-state index contributed by atoms with van der Waals surface area (Å²) in [6, 6.07) is 23.2. The minimum atomic E-state index is -1.26. The summed E-state index contributed by atoms with van der Waals surface area (Å²) in [7, 11) is 1.56. The third-order valence-electron chi connectivity index (χ3n) is 9.38. The second-order valence-electron chi connectivity index (χ2n) is 11.6. The number of hydrogen-bond donors (Lipinski definition) is 3. The number of hydrogen-bond acceptors (Lipinski definition) is 6. The molecular weight excluding hydrogens is 534 g/mol. The molecule has 0 aliphatic carbocycles. The molecule has 9 nitrogen and oxygen atoms in total. The number of carbonyl (C=O) groups is 3. The van der Waals surface area contributed by atoms with E-state index in [1.165, 1.54) is 4.90 Å². The van der Waals surface area contributed by atoms with Crippen molar-refractivity contribution in [2.24, 2.45) is 17.8 Å². The molecule has 3 unspecified atom stereocenters. The molecule has 218 valence electrons. The SMILES string of the molecule is COc1ccc(NC(=O)C2N([C@H](CO)c3ccccc3)C(=O)[C@@H]3[C@@H](C(=O)Nc4ccccc4)[C@]4(C)OC23CC4C)cc1. The van der Waals surface area contributed by atoms with Crippen LogP contribution in [0.5, 0.6) is 5.75 Å². The molecule has 7 atom stereocenters. The van der Waals surface area contributed by atoms with Gasteiger partial charge in [-0.2, -0.15) is 0 Å². The number of methoxy groups -OCH3 is 1. The molecule has 6 rings (SSSR count). The number of ether oxygens (including phenoxy) is 2. The Labute approximate surface area is 244 Å². The average molecular weight is 570 g/mol. The van der Waals surface area contributed by atoms with Gasteiger partial charge in [-0.3, -0.25) is 14.4 Å². The number of likely N-dealkylation sites (tertiary alicyclic amines) is 1. The lowest BCUT2D eigenvalue weighted by Gasteiger charge is -2.37. The molecule has 3 saturated heterocycles. The largest absolute Gasteiger partial charge is 0.497 e. The number of nitrogens with one attached hydrogen (secondary N) is 2. The zero-order chi connectivity index (χ0) is 29.6. The summed E-state index contributed by atoms with van der Waals surface area (Å²) >= 11 is 0. The van der Waals surface area contributed by atoms with Crippen LogP contribution in [-0.4, -0.2) is 58.7 Å². The zero-order valence-corrected chi connectivity index (χ0v) is 23.8. The zero-order valence-electron chi connectivity index (χ0n) is 23.8. The van der Waals surface area contributed by atoms with Crippen LogP contribution >= 0.6 is 0 Å². The fourth-order valence-electron chi connectivity index (χ4n) is 7.37. The highest BCUT2D eigenvalue weighted by Gasteiger charge is 2.80. The second kappa shape index (κ2) is 10.6. The van der Waals surface area contributed by atoms with Gasteiger partial charge in [0.2, 0.25) is 17.7 Å². The molecule has 3 fully saturated rings. The van der Waals surface area contributed by atoms with Crippen molar-refractivity contribution in [2.75, 3.05) is 24.4 Å². The molecule has 2 bridgehead atoms. The van der Waals surface area contributed by atoms with Gasteiger partial charge in [-0.1, -0.05) is 55.5 Å². The molecule has 9 heteroatoms. The average Bonchev–Trinajstić information content (AvgIpc) is 3.51. The van der Waals surface area contributed by atoms with E-state index in [-0.39, 0.29) is 17.7 Å². The highest BCUT2D eigenvalue weighted by molar-refractivity contribution is 6.05. The van der Waals surface area contributed by atoms with Crippen molar-refractivity contribution in [3.63, 3.8) is 0 Å². The number of nitrogens with zero attached hydrogens (tertiary/aromatic N) is 1. The van der Waals surface area contributed by atoms with Gasteiger partial charge in [-0.25, -0.2) is 0 Å². The van der Waals surface area contributed by atoms with Crippen LogP contribution in [0.4, 0.5) is 11.4 Å². The Balaban J connectivity index is 1.43. The van der Waals surface area contributed by atoms with Gasteiger partial charge in [0.25, 0.3) is 0 Å². The fraction of sp³-hybridized carbons (Fsp3) is 0.364. The number of rotatable bonds is 8. The summed E-state index contributed by atoms with van der Waals surface area (Å²) in [6.45, 7) is 3.47. The summed E-state index contributed by atoms with van der Waals surface area (Å²) in [5.74, 6) is -2.37. The summed E-state index contributed by atoms with van der Waals surface area (Å²) in [5.41, 5.74) is -0.401. The van der Waals surface area contributed by atoms with Gasteiger partial charge in [0.15, 0.2) is 0 Å². The summed E-state index contributed by atoms with van der Waals surface area (Å²) in [6.07, 6.45) is 0.416. The Bertz CT molecular complexity index is 1480. The van der Waals surface area contributed by atoms with Crippen LogP contribution in [0, 0.1) is 17.8 Å². The predicted octanol–water partition coefficient (Wildman–Crippen LogP) is 4.02. The summed E-state index contributed by atoms with van der Waals surface area (Å²) in [4.78, 5) is 44.3. The molecular formula is C33H35N3O6. The standard InChI is InChI=1S/C33H35N3O6/c1-20-18-33-27(26(32(20,2)42-33)29(38)34-22-12-8-5-9-13-22)31(40)36(25(19-37)21-10-6-4-7-11-21)28(33)30(39)35-23-14-16-24(41-3)17-15-23/h4-17,20,25-28,37H,18-19H2,1-3H3,(H,34,38)(H,35,39)/t20?,25-,26+,27+,28?,32-,33?/m1/s1. The lowest BCUT2D eigenvalue weighted by atomic mass is 9.62. The highest BCUT2D eigenvalue weighted by atomic mass is 16.5. The van der Waals surface area contributed by atoms with Gasteiger partial charge >= 0.3 is 0 Å². The van der Waals surface area contributed by atoms with Gasteiger partial charge in [0, 0.05) is 11.4 Å². The number of amides is 3. The van der Waals surface area contributed by atoms with Crippen LogP contribution in [0.25, 0.3) is 0 Å². The lowest BCUT2D eigenvalue weighted by molar-refractivity contribution is -0.148. The predicted molar refractivity (Wildman–Crippen MR) is 157 cm³/mol. The monoisotopic (exact) mass is 569 g/mol. The van der Waals surface area contributed by atoms with E-state index in [1.54, 1.807) is 43.5 Å². The van der Waals surface area contributed by atoms with Crippen molar-refractivity contribution in [2.45, 2.75) is 43.6 Å². The Morgan fingerprint density at radius 1 is 0.976 bits per heavy atom. The fourth-order valence-corrected chi connectivity index (χ4v) is 7.37. The van der Waals surface area contributed by atoms with Gasteiger partial charge in [0.05, 0.1) is 37.2 Å². The Morgan fingerprint density at radius 3 is 2.19 bits per heavy atom. The Hall–Kier alpha value is -4.21. The van der Waals surface area contributed by atoms with E-state index < -0.39 is 47.6 Å². The first kappa shape index (κ1) is 27.9. The minimum absolute atomic E-state index is 0.117. The van der Waals surface area contributed by atoms with Crippen molar-refractivity contribution in [1.82, 2.24) is 4.90 Å². The molecule has 3 aliphatic rings. The van der Waals surface area contributed by atoms with E-state index >= 15 is 0 Å². The maximum Gasteiger partial charge on any atom is 0.250 e. The summed E-state index contributed by atoms with van der Waals surface area (Å²) in [5, 5.41) is 16.6. The normalized spacial score (nSPS) is 30.1. The molecule has 1 spiro atoms. The molecule has 3 aliphatic heterocycles. The molecule has 3 aromatic carbocycles. The number of benzene rings is 3. The van der Waals surface area contributed by atoms with E-state index in [1.807, 2.05) is 62.4 Å². The van der Waals surface area contributed by atoms with Crippen molar-refractivity contribution in [3.8, 4) is 5.75 Å². The van der Waals surface area contributed by atoms with Crippen molar-refractivity contribution in [3.05, 3.63) is 90.5 Å². The highest BCUT2D eigenvalue weighted by Crippen LogP contribution is 2.66. The molecule has 3 amide bonds. The van der Waals surface area contributed by atoms with E-state index in [9.17, 15) is 19.5 Å². The van der Waals surface area contributed by atoms with Crippen molar-refractivity contribution >= 4 is 29.1 Å². The second-order valence-corrected chi connectivity index (χ2v) is 11.6. The molecule has 3 heterocycles. The van der Waals surface area contributed by atoms with E-state index in [0.717, 1.165) is 0 Å². The Morgan fingerprint density at radius 2 is 1.57 bits per heavy atom. The smallest absolute Gasteiger partial charge is 0.250 e. The molecule has 42 heavy (non-hydrogen) atoms. The molecule has 3 N–H and O–H groups in total. The van der Waals surface area contributed by atoms with E-state index in [4.69, 9.17) is 9.47 Å². The third-order valence-corrected chi connectivity index (χ3v) is 9.38. The maximum atomic E-state index is 14.6. The first-order valence-electron chi connectivity index (χ1n) is 14.2. The van der Waals surface area contributed by atoms with Gasteiger partial charge < -0.3 is 30.1 Å².